The molecule has 0 fully saturated rings. The molecule has 0 aliphatic rings. The van der Waals surface area contributed by atoms with Crippen molar-refractivity contribution in [2.24, 2.45) is 17.6 Å². The van der Waals surface area contributed by atoms with Crippen LogP contribution in [0.4, 0.5) is 5.69 Å². The van der Waals surface area contributed by atoms with Crippen LogP contribution in [0.1, 0.15) is 26.3 Å². The maximum atomic E-state index is 5.79. The molecule has 1 aromatic carbocycles. The molecule has 1 unspecified atom stereocenters. The Bertz CT molecular complexity index is 339. The number of nitrogens with one attached hydrogen (secondary N) is 1. The van der Waals surface area contributed by atoms with Gasteiger partial charge in [0.25, 0.3) is 0 Å². The summed E-state index contributed by atoms with van der Waals surface area (Å²) in [5.41, 5.74) is 8.16. The average molecular weight is 250 g/mol. The van der Waals surface area contributed by atoms with E-state index in [1.165, 1.54) is 5.56 Å². The summed E-state index contributed by atoms with van der Waals surface area (Å²) < 4.78 is 5.48. The summed E-state index contributed by atoms with van der Waals surface area (Å²) in [6, 6.07) is 8.29. The molecule has 0 saturated heterocycles. The lowest BCUT2D eigenvalue weighted by molar-refractivity contribution is 0.134. The largest absolute Gasteiger partial charge is 0.384 e. The number of hydrogen-bond acceptors (Lipinski definition) is 3. The van der Waals surface area contributed by atoms with E-state index in [9.17, 15) is 0 Å². The number of hydrogen-bond donors (Lipinski definition) is 2. The van der Waals surface area contributed by atoms with Gasteiger partial charge in [0, 0.05) is 24.4 Å². The molecule has 0 bridgehead atoms. The molecule has 0 aliphatic carbocycles. The summed E-state index contributed by atoms with van der Waals surface area (Å²) in [6.45, 7) is 9.48. The highest BCUT2D eigenvalue weighted by molar-refractivity contribution is 5.50. The Morgan fingerprint density at radius 1 is 1.28 bits per heavy atom. The number of anilines is 1. The molecular weight excluding hydrogens is 224 g/mol. The van der Waals surface area contributed by atoms with Crippen molar-refractivity contribution < 1.29 is 4.74 Å². The van der Waals surface area contributed by atoms with Crippen molar-refractivity contribution in [2.75, 3.05) is 25.0 Å². The van der Waals surface area contributed by atoms with Gasteiger partial charge >= 0.3 is 0 Å². The second kappa shape index (κ2) is 8.11. The Balaban J connectivity index is 2.60. The number of benzene rings is 1. The third-order valence-electron chi connectivity index (χ3n) is 3.28. The van der Waals surface area contributed by atoms with Gasteiger partial charge in [-0.3, -0.25) is 0 Å². The SMILES string of the molecule is CCOCc1ccccc1NCC(CN)C(C)C. The van der Waals surface area contributed by atoms with Gasteiger partial charge in [-0.2, -0.15) is 0 Å². The Kier molecular flexibility index (Phi) is 6.76. The molecule has 0 heterocycles. The van der Waals surface area contributed by atoms with Crippen molar-refractivity contribution in [3.05, 3.63) is 29.8 Å². The Morgan fingerprint density at radius 2 is 2.00 bits per heavy atom. The lowest BCUT2D eigenvalue weighted by atomic mass is 9.96. The van der Waals surface area contributed by atoms with E-state index in [1.807, 2.05) is 19.1 Å². The summed E-state index contributed by atoms with van der Waals surface area (Å²) in [7, 11) is 0. The average Bonchev–Trinajstić information content (AvgIpc) is 2.38. The second-order valence-corrected chi connectivity index (χ2v) is 4.91. The maximum Gasteiger partial charge on any atom is 0.0736 e. The molecular formula is C15H26N2O. The zero-order valence-electron chi connectivity index (χ0n) is 11.8. The van der Waals surface area contributed by atoms with Gasteiger partial charge in [0.05, 0.1) is 6.61 Å². The molecule has 102 valence electrons. The van der Waals surface area contributed by atoms with Crippen LogP contribution in [0.3, 0.4) is 0 Å². The molecule has 3 N–H and O–H groups in total. The van der Waals surface area contributed by atoms with Crippen LogP contribution in [-0.2, 0) is 11.3 Å². The monoisotopic (exact) mass is 250 g/mol. The molecule has 0 amide bonds. The predicted molar refractivity (Wildman–Crippen MR) is 77.6 cm³/mol. The minimum absolute atomic E-state index is 0.505. The molecule has 0 aromatic heterocycles. The Morgan fingerprint density at radius 3 is 2.61 bits per heavy atom. The van der Waals surface area contributed by atoms with Gasteiger partial charge in [-0.1, -0.05) is 32.0 Å². The molecule has 3 heteroatoms. The van der Waals surface area contributed by atoms with Crippen molar-refractivity contribution in [3.8, 4) is 0 Å². The fraction of sp³-hybridized carbons (Fsp3) is 0.600. The standard InChI is InChI=1S/C15H26N2O/c1-4-18-11-13-7-5-6-8-15(13)17-10-14(9-16)12(2)3/h5-8,12,14,17H,4,9-11,16H2,1-3H3. The van der Waals surface area contributed by atoms with Gasteiger partial charge in [0.2, 0.25) is 0 Å². The van der Waals surface area contributed by atoms with Crippen LogP contribution >= 0.6 is 0 Å². The fourth-order valence-corrected chi connectivity index (χ4v) is 1.86. The smallest absolute Gasteiger partial charge is 0.0736 e. The highest BCUT2D eigenvalue weighted by atomic mass is 16.5. The van der Waals surface area contributed by atoms with Crippen LogP contribution in [0.25, 0.3) is 0 Å². The van der Waals surface area contributed by atoms with Gasteiger partial charge < -0.3 is 15.8 Å². The summed E-state index contributed by atoms with van der Waals surface area (Å²) in [4.78, 5) is 0. The number of rotatable bonds is 8. The molecule has 0 saturated carbocycles. The van der Waals surface area contributed by atoms with Crippen LogP contribution in [0.2, 0.25) is 0 Å². The van der Waals surface area contributed by atoms with Crippen LogP contribution in [-0.4, -0.2) is 19.7 Å². The first-order chi connectivity index (χ1) is 8.69. The molecule has 1 aromatic rings. The van der Waals surface area contributed by atoms with E-state index < -0.39 is 0 Å². The van der Waals surface area contributed by atoms with E-state index in [-0.39, 0.29) is 0 Å². The van der Waals surface area contributed by atoms with Crippen molar-refractivity contribution in [1.82, 2.24) is 0 Å². The van der Waals surface area contributed by atoms with Gasteiger partial charge in [-0.25, -0.2) is 0 Å². The number of para-hydroxylation sites is 1. The fourth-order valence-electron chi connectivity index (χ4n) is 1.86. The molecule has 1 atom stereocenters. The summed E-state index contributed by atoms with van der Waals surface area (Å²) in [5.74, 6) is 1.10. The Hall–Kier alpha value is -1.06. The summed E-state index contributed by atoms with van der Waals surface area (Å²) >= 11 is 0. The van der Waals surface area contributed by atoms with E-state index in [4.69, 9.17) is 10.5 Å². The van der Waals surface area contributed by atoms with Crippen LogP contribution in [0, 0.1) is 11.8 Å². The highest BCUT2D eigenvalue weighted by Crippen LogP contribution is 2.18. The summed E-state index contributed by atoms with van der Waals surface area (Å²) in [6.07, 6.45) is 0. The quantitative estimate of drug-likeness (QED) is 0.746. The topological polar surface area (TPSA) is 47.3 Å². The van der Waals surface area contributed by atoms with Crippen molar-refractivity contribution in [2.45, 2.75) is 27.4 Å². The van der Waals surface area contributed by atoms with Gasteiger partial charge in [-0.15, -0.1) is 0 Å². The summed E-state index contributed by atoms with van der Waals surface area (Å²) in [5, 5.41) is 3.49. The first kappa shape index (κ1) is 15.0. The third kappa shape index (κ3) is 4.67. The van der Waals surface area contributed by atoms with E-state index >= 15 is 0 Å². The first-order valence-corrected chi connectivity index (χ1v) is 6.78. The first-order valence-electron chi connectivity index (χ1n) is 6.78. The third-order valence-corrected chi connectivity index (χ3v) is 3.28. The zero-order chi connectivity index (χ0) is 13.4. The maximum absolute atomic E-state index is 5.79. The second-order valence-electron chi connectivity index (χ2n) is 4.91. The van der Waals surface area contributed by atoms with Crippen LogP contribution in [0.5, 0.6) is 0 Å². The molecule has 3 nitrogen and oxygen atoms in total. The molecule has 0 spiro atoms. The van der Waals surface area contributed by atoms with Crippen molar-refractivity contribution >= 4 is 5.69 Å². The lowest BCUT2D eigenvalue weighted by Gasteiger charge is -2.21. The number of ether oxygens (including phenoxy) is 1. The normalized spacial score (nSPS) is 12.7. The van der Waals surface area contributed by atoms with Gasteiger partial charge in [-0.05, 0) is 31.4 Å². The van der Waals surface area contributed by atoms with E-state index in [2.05, 4.69) is 31.3 Å². The molecule has 1 rings (SSSR count). The number of nitrogens with two attached hydrogens (primary N) is 1. The van der Waals surface area contributed by atoms with Gasteiger partial charge in [0.15, 0.2) is 0 Å². The van der Waals surface area contributed by atoms with Gasteiger partial charge in [0.1, 0.15) is 0 Å². The van der Waals surface area contributed by atoms with E-state index in [1.54, 1.807) is 0 Å². The molecule has 0 aliphatic heterocycles. The molecule has 0 radical (unpaired) electrons. The highest BCUT2D eigenvalue weighted by Gasteiger charge is 2.11. The van der Waals surface area contributed by atoms with Crippen LogP contribution in [0.15, 0.2) is 24.3 Å². The predicted octanol–water partition coefficient (Wildman–Crippen LogP) is 2.87. The van der Waals surface area contributed by atoms with Crippen LogP contribution < -0.4 is 11.1 Å². The van der Waals surface area contributed by atoms with E-state index in [0.717, 1.165) is 25.4 Å². The lowest BCUT2D eigenvalue weighted by Crippen LogP contribution is -2.27. The minimum atomic E-state index is 0.505. The van der Waals surface area contributed by atoms with Crippen molar-refractivity contribution in [3.63, 3.8) is 0 Å². The van der Waals surface area contributed by atoms with Crippen molar-refractivity contribution in [1.29, 1.82) is 0 Å². The zero-order valence-corrected chi connectivity index (χ0v) is 11.8. The molecule has 18 heavy (non-hydrogen) atoms. The minimum Gasteiger partial charge on any atom is -0.384 e. The Labute approximate surface area is 111 Å². The van der Waals surface area contributed by atoms with E-state index in [0.29, 0.717) is 18.4 Å².